The van der Waals surface area contributed by atoms with E-state index in [-0.39, 0.29) is 19.0 Å². The van der Waals surface area contributed by atoms with Crippen molar-refractivity contribution < 1.29 is 14.7 Å². The first-order valence-electron chi connectivity index (χ1n) is 4.31. The topological polar surface area (TPSA) is 117 Å². The van der Waals surface area contributed by atoms with E-state index in [1.54, 1.807) is 0 Å². The minimum absolute atomic E-state index is 0.169. The van der Waals surface area contributed by atoms with Crippen LogP contribution in [0.25, 0.3) is 0 Å². The predicted molar refractivity (Wildman–Crippen MR) is 52.9 cm³/mol. The van der Waals surface area contributed by atoms with Crippen LogP contribution in [0.5, 0.6) is 0 Å². The van der Waals surface area contributed by atoms with E-state index < -0.39 is 5.97 Å². The van der Waals surface area contributed by atoms with E-state index >= 15 is 0 Å². The van der Waals surface area contributed by atoms with Crippen molar-refractivity contribution in [3.8, 4) is 0 Å². The maximum atomic E-state index is 10.4. The summed E-state index contributed by atoms with van der Waals surface area (Å²) in [5, 5.41) is 15.4. The average molecular weight is 214 g/mol. The lowest BCUT2D eigenvalue weighted by atomic mass is 10.2. The van der Waals surface area contributed by atoms with Gasteiger partial charge in [-0.25, -0.2) is 10.2 Å². The van der Waals surface area contributed by atoms with Gasteiger partial charge in [0.05, 0.1) is 6.54 Å². The van der Waals surface area contributed by atoms with E-state index in [0.717, 1.165) is 6.08 Å². The molecule has 0 aliphatic carbocycles. The molecule has 0 spiro atoms. The second-order valence-corrected chi connectivity index (χ2v) is 2.73. The van der Waals surface area contributed by atoms with Gasteiger partial charge >= 0.3 is 5.97 Å². The third kappa shape index (κ3) is 8.57. The third-order valence-corrected chi connectivity index (χ3v) is 1.40. The predicted octanol–water partition coefficient (Wildman–Crippen LogP) is -0.150. The highest BCUT2D eigenvalue weighted by molar-refractivity contribution is 5.80. The maximum absolute atomic E-state index is 10.4. The van der Waals surface area contributed by atoms with Crippen molar-refractivity contribution in [1.29, 1.82) is 0 Å². The van der Waals surface area contributed by atoms with Gasteiger partial charge in [-0.15, -0.1) is 0 Å². The summed E-state index contributed by atoms with van der Waals surface area (Å²) < 4.78 is 0. The van der Waals surface area contributed by atoms with E-state index in [2.05, 4.69) is 15.8 Å². The first-order valence-corrected chi connectivity index (χ1v) is 4.31. The lowest BCUT2D eigenvalue weighted by Gasteiger charge is -1.99. The molecule has 7 nitrogen and oxygen atoms in total. The van der Waals surface area contributed by atoms with Crippen molar-refractivity contribution in [3.63, 3.8) is 0 Å². The Kier molecular flexibility index (Phi) is 6.73. The van der Waals surface area contributed by atoms with E-state index in [1.165, 1.54) is 6.92 Å². The Bertz CT molecular complexity index is 286. The van der Waals surface area contributed by atoms with E-state index in [4.69, 9.17) is 10.8 Å². The molecule has 0 bridgehead atoms. The summed E-state index contributed by atoms with van der Waals surface area (Å²) in [4.78, 5) is 20.7. The van der Waals surface area contributed by atoms with Gasteiger partial charge in [0.2, 0.25) is 5.91 Å². The molecule has 15 heavy (non-hydrogen) atoms. The van der Waals surface area contributed by atoms with Gasteiger partial charge in [-0.2, -0.15) is 5.11 Å². The number of amides is 1. The molecule has 1 amide bonds. The van der Waals surface area contributed by atoms with E-state index in [1.807, 2.05) is 0 Å². The van der Waals surface area contributed by atoms with Crippen LogP contribution < -0.4 is 11.2 Å². The van der Waals surface area contributed by atoms with Gasteiger partial charge in [0, 0.05) is 19.5 Å². The van der Waals surface area contributed by atoms with Crippen molar-refractivity contribution in [1.82, 2.24) is 5.43 Å². The third-order valence-electron chi connectivity index (χ3n) is 1.40. The Labute approximate surface area is 87.0 Å². The van der Waals surface area contributed by atoms with Crippen molar-refractivity contribution in [2.45, 2.75) is 13.3 Å². The molecule has 0 unspecified atom stereocenters. The summed E-state index contributed by atoms with van der Waals surface area (Å²) in [6, 6.07) is 0. The fourth-order valence-electron chi connectivity index (χ4n) is 0.757. The zero-order valence-corrected chi connectivity index (χ0v) is 8.43. The second kappa shape index (κ2) is 7.63. The number of nitrogens with two attached hydrogens (primary N) is 1. The minimum atomic E-state index is -1.03. The van der Waals surface area contributed by atoms with Crippen molar-refractivity contribution in [2.24, 2.45) is 16.1 Å². The van der Waals surface area contributed by atoms with E-state index in [9.17, 15) is 9.59 Å². The van der Waals surface area contributed by atoms with Crippen molar-refractivity contribution in [2.75, 3.05) is 13.1 Å². The maximum Gasteiger partial charge on any atom is 0.328 e. The molecule has 0 heterocycles. The number of carbonyl (C=O) groups excluding carboxylic acids is 1. The first kappa shape index (κ1) is 13.2. The zero-order chi connectivity index (χ0) is 11.7. The Morgan fingerprint density at radius 2 is 2.20 bits per heavy atom. The van der Waals surface area contributed by atoms with Crippen molar-refractivity contribution in [3.05, 3.63) is 11.6 Å². The standard InChI is InChI=1S/C8H14N4O3/c1-6(13)11-12-10-3-2-7(5-9)4-8(14)15/h4H,2-3,5,9H2,1H3,(H,14,15)(H,10,11,13)/b7-4-. The molecule has 0 atom stereocenters. The normalized spacial score (nSPS) is 11.7. The summed E-state index contributed by atoms with van der Waals surface area (Å²) in [6.07, 6.45) is 1.46. The summed E-state index contributed by atoms with van der Waals surface area (Å²) in [5.74, 6) is -1.34. The summed E-state index contributed by atoms with van der Waals surface area (Å²) in [7, 11) is 0. The number of carboxylic acids is 1. The molecule has 0 aliphatic rings. The number of carbonyl (C=O) groups is 2. The smallest absolute Gasteiger partial charge is 0.328 e. The summed E-state index contributed by atoms with van der Waals surface area (Å²) in [5.41, 5.74) is 8.01. The highest BCUT2D eigenvalue weighted by atomic mass is 16.4. The van der Waals surface area contributed by atoms with Crippen LogP contribution in [0.1, 0.15) is 13.3 Å². The van der Waals surface area contributed by atoms with Crippen molar-refractivity contribution >= 4 is 11.9 Å². The fourth-order valence-corrected chi connectivity index (χ4v) is 0.757. The molecule has 0 aromatic rings. The summed E-state index contributed by atoms with van der Waals surface area (Å²) in [6.45, 7) is 1.77. The van der Waals surface area contributed by atoms with Crippen LogP contribution in [-0.4, -0.2) is 30.1 Å². The number of rotatable bonds is 6. The highest BCUT2D eigenvalue weighted by Gasteiger charge is 1.97. The van der Waals surface area contributed by atoms with Gasteiger partial charge in [0.15, 0.2) is 0 Å². The molecule has 0 fully saturated rings. The van der Waals surface area contributed by atoms with Crippen LogP contribution in [0, 0.1) is 0 Å². The van der Waals surface area contributed by atoms with Crippen LogP contribution in [0.3, 0.4) is 0 Å². The molecule has 0 saturated heterocycles. The lowest BCUT2D eigenvalue weighted by molar-refractivity contribution is -0.131. The number of hydrogen-bond acceptors (Lipinski definition) is 5. The molecular weight excluding hydrogens is 200 g/mol. The molecule has 84 valence electrons. The number of nitrogens with one attached hydrogen (secondary N) is 1. The first-order chi connectivity index (χ1) is 7.06. The van der Waals surface area contributed by atoms with Crippen LogP contribution in [-0.2, 0) is 9.59 Å². The molecule has 0 saturated carbocycles. The molecular formula is C8H14N4O3. The Balaban J connectivity index is 3.87. The molecule has 0 aromatic carbocycles. The molecule has 0 radical (unpaired) electrons. The van der Waals surface area contributed by atoms with Gasteiger partial charge in [-0.3, -0.25) is 4.79 Å². The molecule has 0 aliphatic heterocycles. The Morgan fingerprint density at radius 1 is 1.53 bits per heavy atom. The molecule has 4 N–H and O–H groups in total. The monoisotopic (exact) mass is 214 g/mol. The largest absolute Gasteiger partial charge is 0.478 e. The Morgan fingerprint density at radius 3 is 2.67 bits per heavy atom. The average Bonchev–Trinajstić information content (AvgIpc) is 2.14. The quantitative estimate of drug-likeness (QED) is 0.323. The van der Waals surface area contributed by atoms with Gasteiger partial charge < -0.3 is 10.8 Å². The molecule has 0 aromatic heterocycles. The van der Waals surface area contributed by atoms with Gasteiger partial charge in [-0.05, 0) is 12.0 Å². The number of hydrogen-bond donors (Lipinski definition) is 3. The zero-order valence-electron chi connectivity index (χ0n) is 8.43. The van der Waals surface area contributed by atoms with Gasteiger partial charge in [0.25, 0.3) is 0 Å². The lowest BCUT2D eigenvalue weighted by Crippen LogP contribution is -2.11. The number of aliphatic carboxylic acids is 1. The molecule has 7 heteroatoms. The van der Waals surface area contributed by atoms with E-state index in [0.29, 0.717) is 12.0 Å². The highest BCUT2D eigenvalue weighted by Crippen LogP contribution is 1.99. The Hall–Kier alpha value is -1.76. The summed E-state index contributed by atoms with van der Waals surface area (Å²) >= 11 is 0. The van der Waals surface area contributed by atoms with Crippen LogP contribution in [0.15, 0.2) is 22.0 Å². The van der Waals surface area contributed by atoms with Gasteiger partial charge in [0.1, 0.15) is 0 Å². The fraction of sp³-hybridized carbons (Fsp3) is 0.500. The van der Waals surface area contributed by atoms with Crippen LogP contribution in [0.2, 0.25) is 0 Å². The number of carboxylic acid groups (broad SMARTS) is 1. The van der Waals surface area contributed by atoms with Crippen LogP contribution >= 0.6 is 0 Å². The van der Waals surface area contributed by atoms with Crippen LogP contribution in [0.4, 0.5) is 0 Å². The molecule has 0 rings (SSSR count). The number of nitrogens with zero attached hydrogens (tertiary/aromatic N) is 2. The second-order valence-electron chi connectivity index (χ2n) is 2.73. The minimum Gasteiger partial charge on any atom is -0.478 e. The SMILES string of the molecule is CC(=O)NN=NCC/C(=C/C(=O)O)CN. The van der Waals surface area contributed by atoms with Gasteiger partial charge in [-0.1, -0.05) is 5.22 Å².